The van der Waals surface area contributed by atoms with Crippen molar-refractivity contribution in [3.8, 4) is 11.4 Å². The summed E-state index contributed by atoms with van der Waals surface area (Å²) in [6.45, 7) is 5.17. The minimum Gasteiger partial charge on any atom is -0.495 e. The first-order valence-corrected chi connectivity index (χ1v) is 12.3. The molecule has 0 radical (unpaired) electrons. The van der Waals surface area contributed by atoms with Crippen LogP contribution in [0.25, 0.3) is 5.69 Å². The lowest BCUT2D eigenvalue weighted by Crippen LogP contribution is -2.32. The summed E-state index contributed by atoms with van der Waals surface area (Å²) in [7, 11) is 1.64. The van der Waals surface area contributed by atoms with Gasteiger partial charge in [-0.2, -0.15) is 0 Å². The lowest BCUT2D eigenvalue weighted by Gasteiger charge is -2.28. The average molecular weight is 480 g/mol. The number of ether oxygens (including phenoxy) is 1. The second kappa shape index (κ2) is 10.7. The maximum Gasteiger partial charge on any atom is 0.237 e. The quantitative estimate of drug-likeness (QED) is 0.373. The molecular formula is C25H29N5O3S. The molecule has 3 aromatic rings. The number of carbonyl (C=O) groups excluding carboxylic acids is 2. The number of rotatable bonds is 8. The van der Waals surface area contributed by atoms with Gasteiger partial charge in [0.05, 0.1) is 18.0 Å². The number of para-hydroxylation sites is 2. The zero-order chi connectivity index (χ0) is 24.1. The van der Waals surface area contributed by atoms with E-state index < -0.39 is 5.25 Å². The Kier molecular flexibility index (Phi) is 7.52. The normalized spacial score (nSPS) is 14.5. The van der Waals surface area contributed by atoms with Crippen LogP contribution in [0.3, 0.4) is 0 Å². The summed E-state index contributed by atoms with van der Waals surface area (Å²) in [4.78, 5) is 26.9. The molecular weight excluding hydrogens is 450 g/mol. The Bertz CT molecular complexity index is 1170. The maximum atomic E-state index is 13.0. The molecule has 0 spiro atoms. The fourth-order valence-corrected chi connectivity index (χ4v) is 4.79. The van der Waals surface area contributed by atoms with Crippen molar-refractivity contribution >= 4 is 35.1 Å². The first-order valence-electron chi connectivity index (χ1n) is 11.4. The highest BCUT2D eigenvalue weighted by molar-refractivity contribution is 8.00. The molecule has 1 saturated heterocycles. The van der Waals surface area contributed by atoms with Crippen molar-refractivity contribution in [1.29, 1.82) is 0 Å². The third-order valence-corrected chi connectivity index (χ3v) is 6.81. The molecule has 2 aromatic carbocycles. The van der Waals surface area contributed by atoms with E-state index in [1.165, 1.54) is 25.1 Å². The van der Waals surface area contributed by atoms with Crippen LogP contribution in [0.2, 0.25) is 0 Å². The number of benzene rings is 2. The molecule has 0 bridgehead atoms. The second-order valence-corrected chi connectivity index (χ2v) is 9.53. The Morgan fingerprint density at radius 3 is 2.56 bits per heavy atom. The van der Waals surface area contributed by atoms with Gasteiger partial charge in [0.15, 0.2) is 10.9 Å². The van der Waals surface area contributed by atoms with E-state index in [0.29, 0.717) is 22.2 Å². The fourth-order valence-electron chi connectivity index (χ4n) is 3.93. The molecule has 8 nitrogen and oxygen atoms in total. The van der Waals surface area contributed by atoms with Crippen LogP contribution in [0.5, 0.6) is 5.75 Å². The van der Waals surface area contributed by atoms with Crippen LogP contribution in [0, 0.1) is 0 Å². The van der Waals surface area contributed by atoms with Gasteiger partial charge in [0.1, 0.15) is 5.75 Å². The number of piperidine rings is 1. The van der Waals surface area contributed by atoms with E-state index in [-0.39, 0.29) is 11.7 Å². The Morgan fingerprint density at radius 2 is 1.82 bits per heavy atom. The van der Waals surface area contributed by atoms with Crippen molar-refractivity contribution < 1.29 is 14.3 Å². The number of carbonyl (C=O) groups is 2. The van der Waals surface area contributed by atoms with Gasteiger partial charge in [0.2, 0.25) is 11.9 Å². The lowest BCUT2D eigenvalue weighted by molar-refractivity contribution is -0.115. The summed E-state index contributed by atoms with van der Waals surface area (Å²) in [6, 6.07) is 14.7. The van der Waals surface area contributed by atoms with Gasteiger partial charge in [-0.25, -0.2) is 0 Å². The minimum atomic E-state index is -0.451. The Hall–Kier alpha value is -3.33. The lowest BCUT2D eigenvalue weighted by atomic mass is 10.1. The summed E-state index contributed by atoms with van der Waals surface area (Å²) in [5.41, 5.74) is 1.98. The highest BCUT2D eigenvalue weighted by Crippen LogP contribution is 2.34. The summed E-state index contributed by atoms with van der Waals surface area (Å²) in [5.74, 6) is 1.24. The largest absolute Gasteiger partial charge is 0.495 e. The van der Waals surface area contributed by atoms with E-state index >= 15 is 0 Å². The predicted molar refractivity (Wildman–Crippen MR) is 134 cm³/mol. The Balaban J connectivity index is 1.61. The Labute approximate surface area is 203 Å². The number of Topliss-reactive ketones (excluding diaryl/α,β-unsaturated/α-hetero) is 1. The highest BCUT2D eigenvalue weighted by Gasteiger charge is 2.26. The number of nitrogens with one attached hydrogen (secondary N) is 1. The molecule has 0 unspecified atom stereocenters. The number of amides is 1. The van der Waals surface area contributed by atoms with Gasteiger partial charge in [-0.1, -0.05) is 36.0 Å². The molecule has 1 aliphatic heterocycles. The summed E-state index contributed by atoms with van der Waals surface area (Å²) >= 11 is 1.34. The van der Waals surface area contributed by atoms with Gasteiger partial charge >= 0.3 is 0 Å². The SMILES string of the molecule is COc1ccccc1-n1c(S[C@H](C)C(=O)Nc2cccc(C(C)=O)c2)nnc1N1CCCCC1. The van der Waals surface area contributed by atoms with Crippen LogP contribution >= 0.6 is 11.8 Å². The van der Waals surface area contributed by atoms with Crippen molar-refractivity contribution in [2.45, 2.75) is 43.5 Å². The molecule has 34 heavy (non-hydrogen) atoms. The van der Waals surface area contributed by atoms with E-state index in [9.17, 15) is 9.59 Å². The number of ketones is 1. The summed E-state index contributed by atoms with van der Waals surface area (Å²) in [6.07, 6.45) is 3.43. The molecule has 2 heterocycles. The van der Waals surface area contributed by atoms with Crippen LogP contribution in [-0.2, 0) is 4.79 Å². The van der Waals surface area contributed by atoms with Crippen LogP contribution in [0.4, 0.5) is 11.6 Å². The molecule has 4 rings (SSSR count). The van der Waals surface area contributed by atoms with Gasteiger partial charge in [-0.3, -0.25) is 14.2 Å². The topological polar surface area (TPSA) is 89.3 Å². The standard InChI is InChI=1S/C25H29N5O3S/c1-17(31)19-10-9-11-20(16-19)26-23(32)18(2)34-25-28-27-24(29-14-7-4-8-15-29)30(25)21-12-5-6-13-22(21)33-3/h5-6,9-13,16,18H,4,7-8,14-15H2,1-3H3,(H,26,32)/t18-/m1/s1. The summed E-state index contributed by atoms with van der Waals surface area (Å²) < 4.78 is 7.60. The van der Waals surface area contributed by atoms with Gasteiger partial charge in [-0.05, 0) is 57.4 Å². The number of thioether (sulfide) groups is 1. The summed E-state index contributed by atoms with van der Waals surface area (Å²) in [5, 5.41) is 12.0. The van der Waals surface area contributed by atoms with Crippen LogP contribution in [-0.4, -0.2) is 51.9 Å². The number of nitrogens with zero attached hydrogens (tertiary/aromatic N) is 4. The van der Waals surface area contributed by atoms with E-state index in [4.69, 9.17) is 4.74 Å². The van der Waals surface area contributed by atoms with Crippen LogP contribution in [0.15, 0.2) is 53.7 Å². The number of aromatic nitrogens is 3. The predicted octanol–water partition coefficient (Wildman–Crippen LogP) is 4.59. The molecule has 1 amide bonds. The second-order valence-electron chi connectivity index (χ2n) is 8.22. The zero-order valence-electron chi connectivity index (χ0n) is 19.7. The molecule has 1 atom stereocenters. The Morgan fingerprint density at radius 1 is 1.06 bits per heavy atom. The van der Waals surface area contributed by atoms with E-state index in [2.05, 4.69) is 20.4 Å². The maximum absolute atomic E-state index is 13.0. The molecule has 1 fully saturated rings. The van der Waals surface area contributed by atoms with Gasteiger partial charge < -0.3 is 15.0 Å². The highest BCUT2D eigenvalue weighted by atomic mass is 32.2. The van der Waals surface area contributed by atoms with Crippen LogP contribution in [0.1, 0.15) is 43.5 Å². The molecule has 1 aliphatic rings. The van der Waals surface area contributed by atoms with Crippen molar-refractivity contribution in [2.75, 3.05) is 30.4 Å². The van der Waals surface area contributed by atoms with Crippen molar-refractivity contribution in [3.05, 3.63) is 54.1 Å². The van der Waals surface area contributed by atoms with Gasteiger partial charge in [0, 0.05) is 24.3 Å². The van der Waals surface area contributed by atoms with E-state index in [1.54, 1.807) is 31.4 Å². The number of anilines is 2. The minimum absolute atomic E-state index is 0.0475. The third kappa shape index (κ3) is 5.25. The van der Waals surface area contributed by atoms with E-state index in [1.807, 2.05) is 35.8 Å². The van der Waals surface area contributed by atoms with Gasteiger partial charge in [0.25, 0.3) is 0 Å². The number of hydrogen-bond acceptors (Lipinski definition) is 7. The molecule has 9 heteroatoms. The van der Waals surface area contributed by atoms with Crippen LogP contribution < -0.4 is 15.0 Å². The van der Waals surface area contributed by atoms with Crippen molar-refractivity contribution in [2.24, 2.45) is 0 Å². The van der Waals surface area contributed by atoms with Crippen molar-refractivity contribution in [3.63, 3.8) is 0 Å². The molecule has 0 aliphatic carbocycles. The molecule has 1 N–H and O–H groups in total. The smallest absolute Gasteiger partial charge is 0.237 e. The molecule has 0 saturated carbocycles. The van der Waals surface area contributed by atoms with Crippen molar-refractivity contribution in [1.82, 2.24) is 14.8 Å². The first-order chi connectivity index (χ1) is 16.5. The molecule has 178 valence electrons. The molecule has 1 aromatic heterocycles. The first kappa shape index (κ1) is 23.8. The zero-order valence-corrected chi connectivity index (χ0v) is 20.5. The average Bonchev–Trinajstić information content (AvgIpc) is 3.27. The number of hydrogen-bond donors (Lipinski definition) is 1. The monoisotopic (exact) mass is 479 g/mol. The number of methoxy groups -OCH3 is 1. The fraction of sp³-hybridized carbons (Fsp3) is 0.360. The third-order valence-electron chi connectivity index (χ3n) is 5.77. The van der Waals surface area contributed by atoms with Gasteiger partial charge in [-0.15, -0.1) is 10.2 Å². The van der Waals surface area contributed by atoms with E-state index in [0.717, 1.165) is 37.6 Å².